The van der Waals surface area contributed by atoms with E-state index in [-0.39, 0.29) is 5.91 Å². The van der Waals surface area contributed by atoms with Crippen LogP contribution in [-0.2, 0) is 0 Å². The van der Waals surface area contributed by atoms with Gasteiger partial charge in [0.25, 0.3) is 5.91 Å². The van der Waals surface area contributed by atoms with Gasteiger partial charge in [0.2, 0.25) is 5.95 Å². The van der Waals surface area contributed by atoms with Crippen molar-refractivity contribution in [1.29, 1.82) is 0 Å². The van der Waals surface area contributed by atoms with Crippen LogP contribution < -0.4 is 10.6 Å². The molecule has 26 heavy (non-hydrogen) atoms. The molecule has 0 unspecified atom stereocenters. The Bertz CT molecular complexity index is 934. The van der Waals surface area contributed by atoms with Gasteiger partial charge in [0.1, 0.15) is 0 Å². The fourth-order valence-electron chi connectivity index (χ4n) is 2.58. The average molecular weight is 367 g/mol. The first-order chi connectivity index (χ1) is 12.4. The third-order valence-electron chi connectivity index (χ3n) is 3.82. The molecule has 0 aliphatic carbocycles. The molecule has 1 amide bonds. The van der Waals surface area contributed by atoms with Gasteiger partial charge in [0, 0.05) is 33.3 Å². The largest absolute Gasteiger partial charge is 0.324 e. The van der Waals surface area contributed by atoms with E-state index in [1.807, 2.05) is 45.0 Å². The van der Waals surface area contributed by atoms with Crippen molar-refractivity contribution in [2.45, 2.75) is 20.8 Å². The monoisotopic (exact) mass is 366 g/mol. The number of rotatable bonds is 4. The molecular weight excluding hydrogens is 348 g/mol. The van der Waals surface area contributed by atoms with Gasteiger partial charge in [-0.25, -0.2) is 9.97 Å². The Morgan fingerprint density at radius 3 is 2.19 bits per heavy atom. The molecule has 0 atom stereocenters. The van der Waals surface area contributed by atoms with Crippen LogP contribution in [0, 0.1) is 20.8 Å². The maximum atomic E-state index is 12.4. The second kappa shape index (κ2) is 7.54. The Kier molecular flexibility index (Phi) is 5.19. The predicted molar refractivity (Wildman–Crippen MR) is 105 cm³/mol. The van der Waals surface area contributed by atoms with Crippen molar-refractivity contribution >= 4 is 34.8 Å². The van der Waals surface area contributed by atoms with Crippen molar-refractivity contribution in [2.24, 2.45) is 0 Å². The summed E-state index contributed by atoms with van der Waals surface area (Å²) in [6, 6.07) is 14.4. The highest BCUT2D eigenvalue weighted by Crippen LogP contribution is 2.21. The fraction of sp³-hybridized carbons (Fsp3) is 0.150. The van der Waals surface area contributed by atoms with Gasteiger partial charge in [-0.1, -0.05) is 11.6 Å². The molecule has 0 spiro atoms. The number of hydrogen-bond donors (Lipinski definition) is 2. The summed E-state index contributed by atoms with van der Waals surface area (Å²) in [6.07, 6.45) is 0. The van der Waals surface area contributed by atoms with Crippen LogP contribution in [0.5, 0.6) is 0 Å². The Balaban J connectivity index is 1.71. The van der Waals surface area contributed by atoms with Gasteiger partial charge in [0.15, 0.2) is 0 Å². The van der Waals surface area contributed by atoms with Gasteiger partial charge in [-0.3, -0.25) is 4.79 Å². The molecule has 0 bridgehead atoms. The lowest BCUT2D eigenvalue weighted by atomic mass is 10.1. The van der Waals surface area contributed by atoms with E-state index in [2.05, 4.69) is 20.6 Å². The van der Waals surface area contributed by atoms with E-state index < -0.39 is 0 Å². The molecule has 0 saturated carbocycles. The summed E-state index contributed by atoms with van der Waals surface area (Å²) in [5, 5.41) is 6.69. The molecule has 2 N–H and O–H groups in total. The molecule has 0 radical (unpaired) electrons. The smallest absolute Gasteiger partial charge is 0.255 e. The molecule has 0 aliphatic rings. The fourth-order valence-corrected chi connectivity index (χ4v) is 2.80. The summed E-state index contributed by atoms with van der Waals surface area (Å²) in [7, 11) is 0. The molecule has 0 saturated heterocycles. The zero-order valence-corrected chi connectivity index (χ0v) is 15.6. The van der Waals surface area contributed by atoms with Crippen LogP contribution in [0.25, 0.3) is 0 Å². The SMILES string of the molecule is Cc1cc(C)nc(Nc2ccc(C(=O)Nc3ccc(Cl)cc3C)cc2)n1. The summed E-state index contributed by atoms with van der Waals surface area (Å²) in [6.45, 7) is 5.75. The summed E-state index contributed by atoms with van der Waals surface area (Å²) in [5.74, 6) is 0.362. The Morgan fingerprint density at radius 1 is 0.923 bits per heavy atom. The van der Waals surface area contributed by atoms with Gasteiger partial charge in [-0.15, -0.1) is 0 Å². The Labute approximate surface area is 157 Å². The number of anilines is 3. The summed E-state index contributed by atoms with van der Waals surface area (Å²) >= 11 is 5.94. The van der Waals surface area contributed by atoms with E-state index in [1.165, 1.54) is 0 Å². The van der Waals surface area contributed by atoms with Crippen LogP contribution in [-0.4, -0.2) is 15.9 Å². The topological polar surface area (TPSA) is 66.9 Å². The average Bonchev–Trinajstić information content (AvgIpc) is 2.57. The van der Waals surface area contributed by atoms with E-state index in [0.29, 0.717) is 16.5 Å². The van der Waals surface area contributed by atoms with Crippen LogP contribution in [0.3, 0.4) is 0 Å². The highest BCUT2D eigenvalue weighted by atomic mass is 35.5. The van der Waals surface area contributed by atoms with E-state index >= 15 is 0 Å². The molecule has 6 heteroatoms. The van der Waals surface area contributed by atoms with Gasteiger partial charge < -0.3 is 10.6 Å². The van der Waals surface area contributed by atoms with Crippen molar-refractivity contribution in [1.82, 2.24) is 9.97 Å². The molecule has 1 heterocycles. The van der Waals surface area contributed by atoms with Gasteiger partial charge >= 0.3 is 0 Å². The Morgan fingerprint density at radius 2 is 1.58 bits per heavy atom. The molecule has 132 valence electrons. The van der Waals surface area contributed by atoms with Crippen molar-refractivity contribution in [3.05, 3.63) is 76.1 Å². The van der Waals surface area contributed by atoms with Crippen molar-refractivity contribution in [3.8, 4) is 0 Å². The Hall–Kier alpha value is -2.92. The van der Waals surface area contributed by atoms with Crippen LogP contribution in [0.2, 0.25) is 5.02 Å². The van der Waals surface area contributed by atoms with Gasteiger partial charge in [-0.2, -0.15) is 0 Å². The number of hydrogen-bond acceptors (Lipinski definition) is 4. The number of nitrogens with one attached hydrogen (secondary N) is 2. The first kappa shape index (κ1) is 17.9. The zero-order valence-electron chi connectivity index (χ0n) is 14.8. The standard InChI is InChI=1S/C20H19ClN4O/c1-12-10-16(21)6-9-18(12)25-19(26)15-4-7-17(8-5-15)24-20-22-13(2)11-14(3)23-20/h4-11H,1-3H3,(H,25,26)(H,22,23,24). The minimum Gasteiger partial charge on any atom is -0.324 e. The summed E-state index contributed by atoms with van der Waals surface area (Å²) in [5.41, 5.74) is 4.82. The molecule has 5 nitrogen and oxygen atoms in total. The lowest BCUT2D eigenvalue weighted by Gasteiger charge is -2.10. The number of aryl methyl sites for hydroxylation is 3. The number of aromatic nitrogens is 2. The van der Waals surface area contributed by atoms with Crippen LogP contribution in [0.1, 0.15) is 27.3 Å². The molecular formula is C20H19ClN4O. The third kappa shape index (κ3) is 4.37. The number of amides is 1. The zero-order chi connectivity index (χ0) is 18.7. The van der Waals surface area contributed by atoms with E-state index in [1.54, 1.807) is 24.3 Å². The van der Waals surface area contributed by atoms with Crippen LogP contribution >= 0.6 is 11.6 Å². The lowest BCUT2D eigenvalue weighted by molar-refractivity contribution is 0.102. The number of halogens is 1. The van der Waals surface area contributed by atoms with Crippen LogP contribution in [0.15, 0.2) is 48.5 Å². The van der Waals surface area contributed by atoms with E-state index in [9.17, 15) is 4.79 Å². The van der Waals surface area contributed by atoms with Gasteiger partial charge in [-0.05, 0) is 74.9 Å². The minimum atomic E-state index is -0.176. The molecule has 3 aromatic rings. The number of carbonyl (C=O) groups is 1. The van der Waals surface area contributed by atoms with Gasteiger partial charge in [0.05, 0.1) is 0 Å². The second-order valence-electron chi connectivity index (χ2n) is 6.09. The number of benzene rings is 2. The van der Waals surface area contributed by atoms with E-state index in [4.69, 9.17) is 11.6 Å². The van der Waals surface area contributed by atoms with Crippen molar-refractivity contribution in [2.75, 3.05) is 10.6 Å². The lowest BCUT2D eigenvalue weighted by Crippen LogP contribution is -2.12. The predicted octanol–water partition coefficient (Wildman–Crippen LogP) is 5.05. The molecule has 0 aliphatic heterocycles. The molecule has 3 rings (SSSR count). The third-order valence-corrected chi connectivity index (χ3v) is 4.06. The maximum Gasteiger partial charge on any atom is 0.255 e. The normalized spacial score (nSPS) is 10.5. The number of carbonyl (C=O) groups excluding carboxylic acids is 1. The molecule has 0 fully saturated rings. The highest BCUT2D eigenvalue weighted by molar-refractivity contribution is 6.30. The maximum absolute atomic E-state index is 12.4. The molecule has 1 aromatic heterocycles. The number of nitrogens with zero attached hydrogens (tertiary/aromatic N) is 2. The van der Waals surface area contributed by atoms with E-state index in [0.717, 1.165) is 28.3 Å². The summed E-state index contributed by atoms with van der Waals surface area (Å²) < 4.78 is 0. The first-order valence-corrected chi connectivity index (χ1v) is 8.55. The molecule has 2 aromatic carbocycles. The highest BCUT2D eigenvalue weighted by Gasteiger charge is 2.08. The van der Waals surface area contributed by atoms with Crippen molar-refractivity contribution in [3.63, 3.8) is 0 Å². The van der Waals surface area contributed by atoms with Crippen LogP contribution in [0.4, 0.5) is 17.3 Å². The quantitative estimate of drug-likeness (QED) is 0.678. The summed E-state index contributed by atoms with van der Waals surface area (Å²) in [4.78, 5) is 21.1. The second-order valence-corrected chi connectivity index (χ2v) is 6.53. The minimum absolute atomic E-state index is 0.176. The first-order valence-electron chi connectivity index (χ1n) is 8.17. The van der Waals surface area contributed by atoms with Crippen molar-refractivity contribution < 1.29 is 4.79 Å².